The van der Waals surface area contributed by atoms with Crippen LogP contribution in [0.3, 0.4) is 0 Å². The summed E-state index contributed by atoms with van der Waals surface area (Å²) in [4.78, 5) is 19.5. The molecule has 240 valence electrons. The van der Waals surface area contributed by atoms with Crippen LogP contribution in [0.15, 0.2) is 152 Å². The number of fused-ring (bicyclic) bond motifs is 4. The fraction of sp³-hybridized carbons (Fsp3) is 0.0652. The van der Waals surface area contributed by atoms with Crippen molar-refractivity contribution in [1.29, 1.82) is 5.26 Å². The van der Waals surface area contributed by atoms with E-state index < -0.39 is 0 Å². The second-order valence-corrected chi connectivity index (χ2v) is 13.5. The van der Waals surface area contributed by atoms with Gasteiger partial charge in [-0.15, -0.1) is 0 Å². The monoisotopic (exact) mass is 653 g/mol. The summed E-state index contributed by atoms with van der Waals surface area (Å²) in [5.74, 6) is 1.85. The number of hydrogen-bond donors (Lipinski definition) is 0. The van der Waals surface area contributed by atoms with E-state index >= 15 is 0 Å². The molecule has 5 heteroatoms. The van der Waals surface area contributed by atoms with Crippen molar-refractivity contribution in [2.24, 2.45) is 0 Å². The molecule has 0 bridgehead atoms. The molecule has 0 radical (unpaired) electrons. The van der Waals surface area contributed by atoms with Crippen LogP contribution >= 0.6 is 0 Å². The van der Waals surface area contributed by atoms with Crippen molar-refractivity contribution in [2.75, 3.05) is 0 Å². The summed E-state index contributed by atoms with van der Waals surface area (Å²) >= 11 is 0. The standard InChI is InChI=1S/C46H31N5/c1-46(2)41-21-29(27-47)13-17-39(41)40-18-16-34(26-42(40)46)36-23-35(33-15-14-30-19-20-48-28-38(30)22-33)24-37(25-36)45-50-43(31-9-5-3-6-10-31)49-44(51-45)32-11-7-4-8-12-32/h3-26,28H,1-2H3. The van der Waals surface area contributed by atoms with Crippen LogP contribution in [0.25, 0.3) is 78.3 Å². The van der Waals surface area contributed by atoms with Gasteiger partial charge in [-0.05, 0) is 98.4 Å². The van der Waals surface area contributed by atoms with E-state index in [1.54, 1.807) is 0 Å². The van der Waals surface area contributed by atoms with Crippen LogP contribution in [0.1, 0.15) is 30.5 Å². The Balaban J connectivity index is 1.25. The third-order valence-corrected chi connectivity index (χ3v) is 10.0. The Hall–Kier alpha value is -6.77. The van der Waals surface area contributed by atoms with E-state index in [-0.39, 0.29) is 5.41 Å². The van der Waals surface area contributed by atoms with Crippen molar-refractivity contribution in [3.8, 4) is 73.6 Å². The first-order valence-corrected chi connectivity index (χ1v) is 17.0. The lowest BCUT2D eigenvalue weighted by Gasteiger charge is -2.22. The van der Waals surface area contributed by atoms with Gasteiger partial charge in [0.2, 0.25) is 0 Å². The first-order valence-electron chi connectivity index (χ1n) is 17.0. The van der Waals surface area contributed by atoms with Crippen LogP contribution in [-0.4, -0.2) is 19.9 Å². The van der Waals surface area contributed by atoms with Gasteiger partial charge in [0, 0.05) is 39.9 Å². The lowest BCUT2D eigenvalue weighted by Crippen LogP contribution is -2.15. The van der Waals surface area contributed by atoms with E-state index in [1.165, 1.54) is 22.3 Å². The van der Waals surface area contributed by atoms with Crippen LogP contribution in [0.2, 0.25) is 0 Å². The van der Waals surface area contributed by atoms with Gasteiger partial charge in [0.25, 0.3) is 0 Å². The van der Waals surface area contributed by atoms with Gasteiger partial charge in [0.05, 0.1) is 11.6 Å². The third-order valence-electron chi connectivity index (χ3n) is 10.0. The molecule has 0 N–H and O–H groups in total. The van der Waals surface area contributed by atoms with Crippen LogP contribution in [0, 0.1) is 11.3 Å². The molecule has 0 saturated carbocycles. The molecule has 0 fully saturated rings. The number of benzene rings is 6. The van der Waals surface area contributed by atoms with Gasteiger partial charge in [0.1, 0.15) is 0 Å². The molecule has 0 amide bonds. The normalized spacial score (nSPS) is 12.6. The van der Waals surface area contributed by atoms with Crippen molar-refractivity contribution < 1.29 is 0 Å². The highest BCUT2D eigenvalue weighted by Crippen LogP contribution is 2.50. The first kappa shape index (κ1) is 30.3. The largest absolute Gasteiger partial charge is 0.264 e. The van der Waals surface area contributed by atoms with Crippen LogP contribution in [0.5, 0.6) is 0 Å². The highest BCUT2D eigenvalue weighted by atomic mass is 15.0. The smallest absolute Gasteiger partial charge is 0.164 e. The third kappa shape index (κ3) is 5.35. The molecule has 51 heavy (non-hydrogen) atoms. The molecule has 2 heterocycles. The maximum Gasteiger partial charge on any atom is 0.164 e. The van der Waals surface area contributed by atoms with Gasteiger partial charge in [0.15, 0.2) is 17.5 Å². The SMILES string of the molecule is CC1(C)c2cc(C#N)ccc2-c2ccc(-c3cc(-c4ccc5ccncc5c4)cc(-c4nc(-c5ccccc5)nc(-c5ccccc5)n4)c3)cc21. The zero-order chi connectivity index (χ0) is 34.5. The highest BCUT2D eigenvalue weighted by molar-refractivity contribution is 5.90. The summed E-state index contributed by atoms with van der Waals surface area (Å²) in [6.07, 6.45) is 3.73. The van der Waals surface area contributed by atoms with E-state index in [9.17, 15) is 5.26 Å². The summed E-state index contributed by atoms with van der Waals surface area (Å²) in [5, 5.41) is 11.9. The molecule has 5 nitrogen and oxygen atoms in total. The minimum atomic E-state index is -0.261. The Morgan fingerprint density at radius 3 is 1.67 bits per heavy atom. The molecule has 6 aromatic carbocycles. The minimum Gasteiger partial charge on any atom is -0.264 e. The van der Waals surface area contributed by atoms with Gasteiger partial charge >= 0.3 is 0 Å². The fourth-order valence-corrected chi connectivity index (χ4v) is 7.28. The molecule has 0 spiro atoms. The molecule has 0 aliphatic heterocycles. The van der Waals surface area contributed by atoms with Gasteiger partial charge in [-0.25, -0.2) is 15.0 Å². The molecule has 1 aliphatic rings. The predicted molar refractivity (Wildman–Crippen MR) is 205 cm³/mol. The number of rotatable bonds is 5. The van der Waals surface area contributed by atoms with Crippen LogP contribution in [-0.2, 0) is 5.41 Å². The van der Waals surface area contributed by atoms with Gasteiger partial charge < -0.3 is 0 Å². The molecular weight excluding hydrogens is 623 g/mol. The summed E-state index contributed by atoms with van der Waals surface area (Å²) in [6.45, 7) is 4.49. The van der Waals surface area contributed by atoms with E-state index in [0.717, 1.165) is 49.7 Å². The van der Waals surface area contributed by atoms with Gasteiger partial charge in [-0.1, -0.05) is 105 Å². The Labute approximate surface area is 296 Å². The molecule has 0 atom stereocenters. The Morgan fingerprint density at radius 2 is 1.02 bits per heavy atom. The quantitative estimate of drug-likeness (QED) is 0.185. The van der Waals surface area contributed by atoms with Crippen molar-refractivity contribution in [3.63, 3.8) is 0 Å². The molecule has 1 aliphatic carbocycles. The fourth-order valence-electron chi connectivity index (χ4n) is 7.28. The Kier molecular flexibility index (Phi) is 7.12. The van der Waals surface area contributed by atoms with Gasteiger partial charge in [-0.3, -0.25) is 4.98 Å². The molecule has 2 aromatic heterocycles. The Morgan fingerprint density at radius 1 is 0.471 bits per heavy atom. The summed E-state index contributed by atoms with van der Waals surface area (Å²) in [7, 11) is 0. The number of pyridine rings is 1. The lowest BCUT2D eigenvalue weighted by atomic mass is 9.81. The second-order valence-electron chi connectivity index (χ2n) is 13.5. The minimum absolute atomic E-state index is 0.261. The number of aromatic nitrogens is 4. The molecule has 8 aromatic rings. The maximum atomic E-state index is 9.64. The predicted octanol–water partition coefficient (Wildman–Crippen LogP) is 10.9. The van der Waals surface area contributed by atoms with Crippen molar-refractivity contribution in [3.05, 3.63) is 169 Å². The zero-order valence-electron chi connectivity index (χ0n) is 28.2. The van der Waals surface area contributed by atoms with E-state index in [2.05, 4.69) is 85.6 Å². The second kappa shape index (κ2) is 12.0. The lowest BCUT2D eigenvalue weighted by molar-refractivity contribution is 0.660. The number of nitrogens with zero attached hydrogens (tertiary/aromatic N) is 5. The molecular formula is C46H31N5. The van der Waals surface area contributed by atoms with E-state index in [0.29, 0.717) is 23.0 Å². The Bertz CT molecular complexity index is 2620. The average Bonchev–Trinajstić information content (AvgIpc) is 3.42. The number of nitriles is 1. The first-order chi connectivity index (χ1) is 24.9. The average molecular weight is 654 g/mol. The summed E-state index contributed by atoms with van der Waals surface area (Å²) < 4.78 is 0. The topological polar surface area (TPSA) is 75.3 Å². The van der Waals surface area contributed by atoms with Crippen molar-refractivity contribution >= 4 is 10.8 Å². The molecule has 0 unspecified atom stereocenters. The highest BCUT2D eigenvalue weighted by Gasteiger charge is 2.36. The van der Waals surface area contributed by atoms with Crippen molar-refractivity contribution in [1.82, 2.24) is 19.9 Å². The van der Waals surface area contributed by atoms with Gasteiger partial charge in [-0.2, -0.15) is 5.26 Å². The van der Waals surface area contributed by atoms with Crippen LogP contribution in [0.4, 0.5) is 0 Å². The summed E-state index contributed by atoms with van der Waals surface area (Å²) in [5.41, 5.74) is 12.3. The molecule has 9 rings (SSSR count). The summed E-state index contributed by atoms with van der Waals surface area (Å²) in [6, 6.07) is 50.4. The zero-order valence-corrected chi connectivity index (χ0v) is 28.2. The maximum absolute atomic E-state index is 9.64. The van der Waals surface area contributed by atoms with E-state index in [1.807, 2.05) is 91.3 Å². The van der Waals surface area contributed by atoms with E-state index in [4.69, 9.17) is 15.0 Å². The molecule has 0 saturated heterocycles. The van der Waals surface area contributed by atoms with Crippen molar-refractivity contribution in [2.45, 2.75) is 19.3 Å². The number of hydrogen-bond acceptors (Lipinski definition) is 5. The van der Waals surface area contributed by atoms with Crippen LogP contribution < -0.4 is 0 Å².